The maximum Gasteiger partial charge on any atom is 0.271 e. The smallest absolute Gasteiger partial charge is 0.271 e. The topological polar surface area (TPSA) is 88.2 Å². The zero-order valence-electron chi connectivity index (χ0n) is 11.7. The van der Waals surface area contributed by atoms with Crippen LogP contribution in [-0.4, -0.2) is 43.4 Å². The largest absolute Gasteiger partial charge is 0.370 e. The normalized spacial score (nSPS) is 18.2. The maximum absolute atomic E-state index is 12.2. The summed E-state index contributed by atoms with van der Waals surface area (Å²) in [4.78, 5) is 16.4. The molecule has 0 aromatic carbocycles. The van der Waals surface area contributed by atoms with Crippen molar-refractivity contribution in [2.24, 2.45) is 0 Å². The van der Waals surface area contributed by atoms with Crippen molar-refractivity contribution >= 4 is 33.2 Å². The summed E-state index contributed by atoms with van der Waals surface area (Å²) in [5.41, 5.74) is 0.156. The summed E-state index contributed by atoms with van der Waals surface area (Å²) in [6, 6.07) is 3.17. The Morgan fingerprint density at radius 3 is 2.67 bits per heavy atom. The molecule has 0 saturated carbocycles. The number of carbonyl (C=O) groups is 1. The van der Waals surface area contributed by atoms with E-state index in [1.807, 2.05) is 6.92 Å². The zero-order valence-corrected chi connectivity index (χ0v) is 13.3. The van der Waals surface area contributed by atoms with Gasteiger partial charge in [0.05, 0.1) is 16.5 Å². The molecule has 116 valence electrons. The van der Waals surface area contributed by atoms with Gasteiger partial charge in [-0.3, -0.25) is 4.79 Å². The molecule has 8 heteroatoms. The van der Waals surface area contributed by atoms with Gasteiger partial charge in [0.2, 0.25) is 0 Å². The van der Waals surface area contributed by atoms with Gasteiger partial charge in [-0.05, 0) is 31.9 Å². The summed E-state index contributed by atoms with van der Waals surface area (Å²) in [6.45, 7) is 2.62. The molecule has 0 aliphatic carbocycles. The molecule has 2 heterocycles. The monoisotopic (exact) mass is 331 g/mol. The third-order valence-corrected chi connectivity index (χ3v) is 5.33. The van der Waals surface area contributed by atoms with Crippen LogP contribution in [0.1, 0.15) is 30.3 Å². The number of rotatable bonds is 4. The first-order chi connectivity index (χ1) is 9.91. The molecule has 21 heavy (non-hydrogen) atoms. The Balaban J connectivity index is 2.05. The molecule has 6 nitrogen and oxygen atoms in total. The van der Waals surface area contributed by atoms with E-state index in [0.29, 0.717) is 25.2 Å². The first-order valence-corrected chi connectivity index (χ1v) is 9.03. The van der Waals surface area contributed by atoms with Gasteiger partial charge in [-0.2, -0.15) is 0 Å². The molecule has 1 aliphatic heterocycles. The number of aromatic nitrogens is 1. The standard InChI is InChI=1S/C13H18ClN3O3S/c1-2-15-11-4-3-10(14)12(17-11)13(18)16-9-5-7-21(19,20)8-6-9/h3-4,9H,2,5-8H2,1H3,(H,15,17)(H,16,18). The third kappa shape index (κ3) is 4.31. The number of hydrogen-bond acceptors (Lipinski definition) is 5. The Morgan fingerprint density at radius 2 is 2.05 bits per heavy atom. The van der Waals surface area contributed by atoms with E-state index < -0.39 is 9.84 Å². The van der Waals surface area contributed by atoms with E-state index in [0.717, 1.165) is 0 Å². The van der Waals surface area contributed by atoms with Crippen LogP contribution in [0.2, 0.25) is 5.02 Å². The summed E-state index contributed by atoms with van der Waals surface area (Å²) in [6.07, 6.45) is 0.858. The van der Waals surface area contributed by atoms with E-state index in [-0.39, 0.29) is 34.2 Å². The number of carbonyl (C=O) groups excluding carboxylic acids is 1. The first-order valence-electron chi connectivity index (χ1n) is 6.83. The van der Waals surface area contributed by atoms with Crippen LogP contribution in [-0.2, 0) is 9.84 Å². The van der Waals surface area contributed by atoms with Crippen molar-refractivity contribution in [3.63, 3.8) is 0 Å². The molecule has 1 saturated heterocycles. The minimum Gasteiger partial charge on any atom is -0.370 e. The van der Waals surface area contributed by atoms with Crippen LogP contribution in [0, 0.1) is 0 Å². The van der Waals surface area contributed by atoms with Crippen molar-refractivity contribution in [1.29, 1.82) is 0 Å². The number of sulfone groups is 1. The molecule has 0 radical (unpaired) electrons. The number of nitrogens with zero attached hydrogens (tertiary/aromatic N) is 1. The lowest BCUT2D eigenvalue weighted by molar-refractivity contribution is 0.0929. The molecule has 0 atom stereocenters. The second kappa shape index (κ2) is 6.62. The van der Waals surface area contributed by atoms with Gasteiger partial charge in [-0.15, -0.1) is 0 Å². The van der Waals surface area contributed by atoms with Crippen LogP contribution in [0.25, 0.3) is 0 Å². The van der Waals surface area contributed by atoms with E-state index in [4.69, 9.17) is 11.6 Å². The summed E-state index contributed by atoms with van der Waals surface area (Å²) >= 11 is 6.01. The Morgan fingerprint density at radius 1 is 1.38 bits per heavy atom. The van der Waals surface area contributed by atoms with Crippen molar-refractivity contribution in [3.05, 3.63) is 22.8 Å². The second-order valence-electron chi connectivity index (χ2n) is 4.96. The zero-order chi connectivity index (χ0) is 15.5. The van der Waals surface area contributed by atoms with Crippen LogP contribution in [0.3, 0.4) is 0 Å². The first kappa shape index (κ1) is 16.0. The number of anilines is 1. The number of nitrogens with one attached hydrogen (secondary N) is 2. The van der Waals surface area contributed by atoms with Gasteiger partial charge < -0.3 is 10.6 Å². The van der Waals surface area contributed by atoms with Crippen molar-refractivity contribution in [2.45, 2.75) is 25.8 Å². The third-order valence-electron chi connectivity index (χ3n) is 3.31. The minimum absolute atomic E-state index is 0.108. The Bertz CT molecular complexity index is 620. The summed E-state index contributed by atoms with van der Waals surface area (Å²) in [7, 11) is -2.94. The fourth-order valence-electron chi connectivity index (χ4n) is 2.17. The van der Waals surface area contributed by atoms with E-state index in [2.05, 4.69) is 15.6 Å². The van der Waals surface area contributed by atoms with Gasteiger partial charge in [0.15, 0.2) is 0 Å². The Labute approximate surface area is 129 Å². The lowest BCUT2D eigenvalue weighted by atomic mass is 10.1. The fourth-order valence-corrected chi connectivity index (χ4v) is 3.85. The van der Waals surface area contributed by atoms with Gasteiger partial charge in [-0.1, -0.05) is 11.6 Å². The van der Waals surface area contributed by atoms with Crippen LogP contribution < -0.4 is 10.6 Å². The van der Waals surface area contributed by atoms with Crippen LogP contribution in [0.5, 0.6) is 0 Å². The molecular formula is C13H18ClN3O3S. The average molecular weight is 332 g/mol. The summed E-state index contributed by atoms with van der Waals surface area (Å²) in [5.74, 6) is 0.426. The molecule has 2 N–H and O–H groups in total. The molecule has 0 bridgehead atoms. The highest BCUT2D eigenvalue weighted by molar-refractivity contribution is 7.91. The van der Waals surface area contributed by atoms with Crippen LogP contribution >= 0.6 is 11.6 Å². The lowest BCUT2D eigenvalue weighted by Crippen LogP contribution is -2.41. The van der Waals surface area contributed by atoms with Crippen molar-refractivity contribution in [3.8, 4) is 0 Å². The molecule has 2 rings (SSSR count). The van der Waals surface area contributed by atoms with Crippen molar-refractivity contribution < 1.29 is 13.2 Å². The SMILES string of the molecule is CCNc1ccc(Cl)c(C(=O)NC2CCS(=O)(=O)CC2)n1. The Kier molecular flexibility index (Phi) is 5.05. The Hall–Kier alpha value is -1.34. The number of hydrogen-bond donors (Lipinski definition) is 2. The van der Waals surface area contributed by atoms with Crippen molar-refractivity contribution in [2.75, 3.05) is 23.4 Å². The van der Waals surface area contributed by atoms with Crippen molar-refractivity contribution in [1.82, 2.24) is 10.3 Å². The van der Waals surface area contributed by atoms with E-state index in [9.17, 15) is 13.2 Å². The summed E-state index contributed by atoms with van der Waals surface area (Å²) in [5, 5.41) is 6.10. The van der Waals surface area contributed by atoms with Gasteiger partial charge in [-0.25, -0.2) is 13.4 Å². The molecule has 1 aromatic rings. The molecule has 0 unspecified atom stereocenters. The van der Waals surface area contributed by atoms with Gasteiger partial charge in [0, 0.05) is 12.6 Å². The molecule has 1 fully saturated rings. The molecular weight excluding hydrogens is 314 g/mol. The average Bonchev–Trinajstić information content (AvgIpc) is 2.43. The summed E-state index contributed by atoms with van der Waals surface area (Å²) < 4.78 is 22.7. The lowest BCUT2D eigenvalue weighted by Gasteiger charge is -2.23. The number of pyridine rings is 1. The second-order valence-corrected chi connectivity index (χ2v) is 7.67. The highest BCUT2D eigenvalue weighted by atomic mass is 35.5. The molecule has 0 spiro atoms. The van der Waals surface area contributed by atoms with Crippen LogP contribution in [0.4, 0.5) is 5.82 Å². The quantitative estimate of drug-likeness (QED) is 0.872. The minimum atomic E-state index is -2.94. The fraction of sp³-hybridized carbons (Fsp3) is 0.538. The number of halogens is 1. The maximum atomic E-state index is 12.2. The predicted octanol–water partition coefficient (Wildman–Crippen LogP) is 1.47. The molecule has 1 amide bonds. The highest BCUT2D eigenvalue weighted by Gasteiger charge is 2.26. The van der Waals surface area contributed by atoms with Gasteiger partial charge in [0.25, 0.3) is 5.91 Å². The molecule has 1 aliphatic rings. The highest BCUT2D eigenvalue weighted by Crippen LogP contribution is 2.18. The van der Waals surface area contributed by atoms with E-state index in [1.165, 1.54) is 0 Å². The van der Waals surface area contributed by atoms with Crippen LogP contribution in [0.15, 0.2) is 12.1 Å². The molecule has 1 aromatic heterocycles. The van der Waals surface area contributed by atoms with E-state index >= 15 is 0 Å². The number of amides is 1. The predicted molar refractivity (Wildman–Crippen MR) is 82.6 cm³/mol. The van der Waals surface area contributed by atoms with Gasteiger partial charge >= 0.3 is 0 Å². The van der Waals surface area contributed by atoms with E-state index in [1.54, 1.807) is 12.1 Å². The van der Waals surface area contributed by atoms with Gasteiger partial charge in [0.1, 0.15) is 21.3 Å².